The van der Waals surface area contributed by atoms with Crippen LogP contribution in [0.5, 0.6) is 0 Å². The van der Waals surface area contributed by atoms with E-state index >= 15 is 0 Å². The van der Waals surface area contributed by atoms with Crippen LogP contribution in [-0.2, 0) is 11.8 Å². The molecule has 0 unspecified atom stereocenters. The molecule has 0 fully saturated rings. The van der Waals surface area contributed by atoms with Gasteiger partial charge in [-0.3, -0.25) is 9.48 Å². The van der Waals surface area contributed by atoms with Crippen molar-refractivity contribution >= 4 is 40.8 Å². The molecule has 0 saturated heterocycles. The summed E-state index contributed by atoms with van der Waals surface area (Å²) in [5, 5.41) is 7.14. The summed E-state index contributed by atoms with van der Waals surface area (Å²) in [6.45, 7) is 1.76. The first-order chi connectivity index (χ1) is 10.3. The van der Waals surface area contributed by atoms with Crippen LogP contribution in [0, 0.1) is 6.92 Å². The number of ether oxygens (including phenoxy) is 1. The topological polar surface area (TPSA) is 73.2 Å². The second kappa shape index (κ2) is 6.37. The summed E-state index contributed by atoms with van der Waals surface area (Å²) in [5.74, 6) is -1.01. The van der Waals surface area contributed by atoms with Gasteiger partial charge in [-0.2, -0.15) is 5.10 Å². The molecular weight excluding hydrogens is 329 g/mol. The van der Waals surface area contributed by atoms with E-state index < -0.39 is 11.9 Å². The van der Waals surface area contributed by atoms with Crippen LogP contribution in [-0.4, -0.2) is 28.8 Å². The highest BCUT2D eigenvalue weighted by molar-refractivity contribution is 6.35. The molecule has 0 aliphatic carbocycles. The average molecular weight is 342 g/mol. The fourth-order valence-corrected chi connectivity index (χ4v) is 2.29. The number of benzene rings is 1. The molecule has 1 aromatic carbocycles. The Kier molecular flexibility index (Phi) is 4.73. The lowest BCUT2D eigenvalue weighted by molar-refractivity contribution is 0.0601. The Balaban J connectivity index is 2.24. The van der Waals surface area contributed by atoms with Gasteiger partial charge < -0.3 is 10.1 Å². The van der Waals surface area contributed by atoms with Gasteiger partial charge in [0.25, 0.3) is 5.91 Å². The number of carbonyl (C=O) groups excluding carboxylic acids is 2. The summed E-state index contributed by atoms with van der Waals surface area (Å²) < 4.78 is 6.12. The van der Waals surface area contributed by atoms with Crippen LogP contribution >= 0.6 is 23.2 Å². The number of aryl methyl sites for hydroxylation is 1. The third-order valence-corrected chi connectivity index (χ3v) is 3.87. The Hall–Kier alpha value is -2.05. The lowest BCUT2D eigenvalue weighted by atomic mass is 10.2. The van der Waals surface area contributed by atoms with Crippen LogP contribution in [0.1, 0.15) is 26.5 Å². The average Bonchev–Trinajstić information content (AvgIpc) is 2.74. The smallest absolute Gasteiger partial charge is 0.339 e. The summed E-state index contributed by atoms with van der Waals surface area (Å²) in [6, 6.07) is 4.46. The minimum absolute atomic E-state index is 0.120. The maximum Gasteiger partial charge on any atom is 0.339 e. The van der Waals surface area contributed by atoms with E-state index in [1.165, 1.54) is 23.9 Å². The number of halogens is 2. The predicted molar refractivity (Wildman–Crippen MR) is 83.7 cm³/mol. The molecule has 1 amide bonds. The molecule has 0 radical (unpaired) electrons. The zero-order valence-electron chi connectivity index (χ0n) is 12.1. The molecule has 0 spiro atoms. The van der Waals surface area contributed by atoms with Crippen molar-refractivity contribution in [3.63, 3.8) is 0 Å². The van der Waals surface area contributed by atoms with E-state index in [2.05, 4.69) is 15.2 Å². The van der Waals surface area contributed by atoms with Crippen molar-refractivity contribution in [3.05, 3.63) is 45.2 Å². The van der Waals surface area contributed by atoms with Crippen LogP contribution in [0.3, 0.4) is 0 Å². The van der Waals surface area contributed by atoms with Gasteiger partial charge in [0, 0.05) is 12.7 Å². The van der Waals surface area contributed by atoms with Gasteiger partial charge in [-0.15, -0.1) is 0 Å². The van der Waals surface area contributed by atoms with Crippen LogP contribution in [0.2, 0.25) is 10.0 Å². The number of methoxy groups -OCH3 is 1. The van der Waals surface area contributed by atoms with Crippen LogP contribution in [0.15, 0.2) is 18.2 Å². The largest absolute Gasteiger partial charge is 0.465 e. The summed E-state index contributed by atoms with van der Waals surface area (Å²) in [5.41, 5.74) is 1.44. The molecule has 116 valence electrons. The molecule has 2 rings (SSSR count). The third-order valence-electron chi connectivity index (χ3n) is 3.11. The van der Waals surface area contributed by atoms with Gasteiger partial charge in [0.15, 0.2) is 5.69 Å². The molecule has 2 aromatic rings. The van der Waals surface area contributed by atoms with Crippen molar-refractivity contribution in [2.75, 3.05) is 12.4 Å². The molecule has 0 aliphatic heterocycles. The summed E-state index contributed by atoms with van der Waals surface area (Å²) >= 11 is 12.1. The van der Waals surface area contributed by atoms with Crippen LogP contribution < -0.4 is 5.32 Å². The minimum Gasteiger partial charge on any atom is -0.465 e. The number of carbonyl (C=O) groups is 2. The van der Waals surface area contributed by atoms with Crippen molar-refractivity contribution in [2.24, 2.45) is 7.05 Å². The molecule has 8 heteroatoms. The van der Waals surface area contributed by atoms with E-state index in [1.807, 2.05) is 0 Å². The molecule has 1 heterocycles. The molecule has 0 aliphatic rings. The molecule has 1 aromatic heterocycles. The normalized spacial score (nSPS) is 10.4. The number of aromatic nitrogens is 2. The summed E-state index contributed by atoms with van der Waals surface area (Å²) in [7, 11) is 2.96. The van der Waals surface area contributed by atoms with E-state index in [0.717, 1.165) is 0 Å². The number of amides is 1. The molecule has 0 bridgehead atoms. The zero-order chi connectivity index (χ0) is 16.4. The fourth-order valence-electron chi connectivity index (χ4n) is 1.79. The van der Waals surface area contributed by atoms with Crippen molar-refractivity contribution in [2.45, 2.75) is 6.92 Å². The van der Waals surface area contributed by atoms with E-state index in [4.69, 9.17) is 23.2 Å². The van der Waals surface area contributed by atoms with Gasteiger partial charge in [-0.05, 0) is 25.1 Å². The maximum atomic E-state index is 12.2. The van der Waals surface area contributed by atoms with Gasteiger partial charge in [-0.1, -0.05) is 23.2 Å². The highest BCUT2D eigenvalue weighted by Crippen LogP contribution is 2.24. The molecular formula is C14H13Cl2N3O3. The fraction of sp³-hybridized carbons (Fsp3) is 0.214. The van der Waals surface area contributed by atoms with E-state index in [9.17, 15) is 9.59 Å². The summed E-state index contributed by atoms with van der Waals surface area (Å²) in [6.07, 6.45) is 0. The Morgan fingerprint density at radius 1 is 1.32 bits per heavy atom. The first kappa shape index (κ1) is 16.3. The monoisotopic (exact) mass is 341 g/mol. The van der Waals surface area contributed by atoms with Crippen molar-refractivity contribution in [1.29, 1.82) is 0 Å². The standard InChI is InChI=1S/C14H13Cl2N3O3/c1-7-11(16)12(18-19(7)2)13(20)17-8-4-5-9(10(15)6-8)14(21)22-3/h4-6H,1-3H3,(H,17,20). The molecule has 0 atom stereocenters. The third kappa shape index (κ3) is 3.08. The SMILES string of the molecule is COC(=O)c1ccc(NC(=O)c2nn(C)c(C)c2Cl)cc1Cl. The predicted octanol–water partition coefficient (Wildman–Crippen LogP) is 3.07. The minimum atomic E-state index is -0.550. The van der Waals surface area contributed by atoms with Gasteiger partial charge in [-0.25, -0.2) is 4.79 Å². The van der Waals surface area contributed by atoms with Crippen LogP contribution in [0.4, 0.5) is 5.69 Å². The molecule has 6 nitrogen and oxygen atoms in total. The van der Waals surface area contributed by atoms with Crippen molar-refractivity contribution in [1.82, 2.24) is 9.78 Å². The van der Waals surface area contributed by atoms with Gasteiger partial charge in [0.05, 0.1) is 28.4 Å². The summed E-state index contributed by atoms with van der Waals surface area (Å²) in [4.78, 5) is 23.6. The number of hydrogen-bond donors (Lipinski definition) is 1. The van der Waals surface area contributed by atoms with E-state index in [1.54, 1.807) is 20.0 Å². The van der Waals surface area contributed by atoms with E-state index in [-0.39, 0.29) is 21.3 Å². The van der Waals surface area contributed by atoms with Crippen LogP contribution in [0.25, 0.3) is 0 Å². The molecule has 1 N–H and O–H groups in total. The maximum absolute atomic E-state index is 12.2. The van der Waals surface area contributed by atoms with Crippen molar-refractivity contribution in [3.8, 4) is 0 Å². The number of rotatable bonds is 3. The van der Waals surface area contributed by atoms with Gasteiger partial charge in [0.1, 0.15) is 0 Å². The molecule has 22 heavy (non-hydrogen) atoms. The first-order valence-corrected chi connectivity index (χ1v) is 6.99. The Labute approximate surface area is 137 Å². The highest BCUT2D eigenvalue weighted by atomic mass is 35.5. The number of hydrogen-bond acceptors (Lipinski definition) is 4. The number of anilines is 1. The number of nitrogens with one attached hydrogen (secondary N) is 1. The zero-order valence-corrected chi connectivity index (χ0v) is 13.6. The second-order valence-electron chi connectivity index (χ2n) is 4.51. The van der Waals surface area contributed by atoms with Gasteiger partial charge >= 0.3 is 5.97 Å². The molecule has 0 saturated carbocycles. The van der Waals surface area contributed by atoms with Crippen molar-refractivity contribution < 1.29 is 14.3 Å². The number of esters is 1. The lowest BCUT2D eigenvalue weighted by Crippen LogP contribution is -2.14. The Bertz CT molecular complexity index is 756. The highest BCUT2D eigenvalue weighted by Gasteiger charge is 2.19. The second-order valence-corrected chi connectivity index (χ2v) is 5.30. The van der Waals surface area contributed by atoms with E-state index in [0.29, 0.717) is 11.4 Å². The number of nitrogens with zero attached hydrogens (tertiary/aromatic N) is 2. The Morgan fingerprint density at radius 3 is 2.50 bits per heavy atom. The lowest BCUT2D eigenvalue weighted by Gasteiger charge is -2.07. The quantitative estimate of drug-likeness (QED) is 0.870. The Morgan fingerprint density at radius 2 is 2.00 bits per heavy atom. The van der Waals surface area contributed by atoms with Gasteiger partial charge in [0.2, 0.25) is 0 Å². The first-order valence-electron chi connectivity index (χ1n) is 6.23.